The molecule has 0 bridgehead atoms. The molecule has 0 unspecified atom stereocenters. The molecule has 0 aliphatic rings. The summed E-state index contributed by atoms with van der Waals surface area (Å²) in [5.74, 6) is -0.847. The van der Waals surface area contributed by atoms with Crippen LogP contribution < -0.4 is 0 Å². The van der Waals surface area contributed by atoms with Crippen LogP contribution in [0.5, 0.6) is 0 Å². The Bertz CT molecular complexity index is 470. The van der Waals surface area contributed by atoms with E-state index >= 15 is 0 Å². The summed E-state index contributed by atoms with van der Waals surface area (Å²) in [6, 6.07) is 6.79. The molecule has 1 rings (SSSR count). The number of amides is 1. The summed E-state index contributed by atoms with van der Waals surface area (Å²) in [6.07, 6.45) is 0. The van der Waals surface area contributed by atoms with Crippen molar-refractivity contribution in [1.29, 1.82) is 0 Å². The van der Waals surface area contributed by atoms with Gasteiger partial charge >= 0.3 is 5.97 Å². The minimum atomic E-state index is -0.936. The van der Waals surface area contributed by atoms with Crippen LogP contribution >= 0.6 is 0 Å². The standard InChI is InChI=1S/C15H22N2O3/c1-4-17(5-2)14(18)11-16(3)10-12-7-6-8-13(9-12)15(19)20/h6-9H,4-5,10-11H2,1-3H3,(H,19,20). The number of carboxylic acid groups (broad SMARTS) is 1. The van der Waals surface area contributed by atoms with E-state index < -0.39 is 5.97 Å². The molecule has 5 heteroatoms. The molecule has 0 aliphatic carbocycles. The van der Waals surface area contributed by atoms with Gasteiger partial charge in [-0.2, -0.15) is 0 Å². The van der Waals surface area contributed by atoms with Crippen LogP contribution in [0.4, 0.5) is 0 Å². The fraction of sp³-hybridized carbons (Fsp3) is 0.467. The van der Waals surface area contributed by atoms with Gasteiger partial charge < -0.3 is 10.0 Å². The van der Waals surface area contributed by atoms with Gasteiger partial charge in [-0.3, -0.25) is 9.69 Å². The highest BCUT2D eigenvalue weighted by Gasteiger charge is 2.13. The summed E-state index contributed by atoms with van der Waals surface area (Å²) in [5, 5.41) is 8.95. The average Bonchev–Trinajstić information content (AvgIpc) is 2.40. The van der Waals surface area contributed by atoms with E-state index in [-0.39, 0.29) is 11.5 Å². The molecule has 0 atom stereocenters. The van der Waals surface area contributed by atoms with Crippen molar-refractivity contribution in [3.05, 3.63) is 35.4 Å². The summed E-state index contributed by atoms with van der Waals surface area (Å²) >= 11 is 0. The first-order chi connectivity index (χ1) is 9.47. The Kier molecular flexibility index (Phi) is 6.18. The molecule has 110 valence electrons. The van der Waals surface area contributed by atoms with Gasteiger partial charge in [-0.05, 0) is 38.6 Å². The lowest BCUT2D eigenvalue weighted by molar-refractivity contribution is -0.131. The van der Waals surface area contributed by atoms with E-state index in [0.29, 0.717) is 26.2 Å². The largest absolute Gasteiger partial charge is 0.478 e. The predicted molar refractivity (Wildman–Crippen MR) is 77.7 cm³/mol. The minimum absolute atomic E-state index is 0.0897. The van der Waals surface area contributed by atoms with Gasteiger partial charge in [0.25, 0.3) is 0 Å². The predicted octanol–water partition coefficient (Wildman–Crippen LogP) is 1.68. The first kappa shape index (κ1) is 16.2. The number of carbonyl (C=O) groups is 2. The molecule has 5 nitrogen and oxygen atoms in total. The number of nitrogens with zero attached hydrogens (tertiary/aromatic N) is 2. The lowest BCUT2D eigenvalue weighted by atomic mass is 10.1. The fourth-order valence-corrected chi connectivity index (χ4v) is 2.08. The summed E-state index contributed by atoms with van der Waals surface area (Å²) in [6.45, 7) is 6.21. The number of hydrogen-bond donors (Lipinski definition) is 1. The molecule has 1 N–H and O–H groups in total. The van der Waals surface area contributed by atoms with Crippen LogP contribution in [-0.2, 0) is 11.3 Å². The molecule has 0 fully saturated rings. The second-order valence-electron chi connectivity index (χ2n) is 4.74. The van der Waals surface area contributed by atoms with Crippen molar-refractivity contribution < 1.29 is 14.7 Å². The third kappa shape index (κ3) is 4.66. The van der Waals surface area contributed by atoms with Crippen LogP contribution in [0.15, 0.2) is 24.3 Å². The summed E-state index contributed by atoms with van der Waals surface area (Å²) in [4.78, 5) is 26.6. The van der Waals surface area contributed by atoms with Crippen molar-refractivity contribution in [2.75, 3.05) is 26.7 Å². The number of hydrogen-bond acceptors (Lipinski definition) is 3. The third-order valence-corrected chi connectivity index (χ3v) is 3.15. The maximum absolute atomic E-state index is 12.0. The zero-order valence-electron chi connectivity index (χ0n) is 12.3. The Hall–Kier alpha value is -1.88. The van der Waals surface area contributed by atoms with E-state index in [9.17, 15) is 9.59 Å². The highest BCUT2D eigenvalue weighted by Crippen LogP contribution is 2.08. The number of carbonyl (C=O) groups excluding carboxylic acids is 1. The van der Waals surface area contributed by atoms with E-state index in [1.165, 1.54) is 0 Å². The van der Waals surface area contributed by atoms with E-state index in [2.05, 4.69) is 0 Å². The molecule has 1 aromatic carbocycles. The van der Waals surface area contributed by atoms with Crippen LogP contribution in [0.25, 0.3) is 0 Å². The lowest BCUT2D eigenvalue weighted by Crippen LogP contribution is -2.38. The topological polar surface area (TPSA) is 60.9 Å². The maximum atomic E-state index is 12.0. The zero-order chi connectivity index (χ0) is 15.1. The first-order valence-electron chi connectivity index (χ1n) is 6.76. The maximum Gasteiger partial charge on any atom is 0.335 e. The second-order valence-corrected chi connectivity index (χ2v) is 4.74. The van der Waals surface area contributed by atoms with E-state index in [1.54, 1.807) is 23.1 Å². The Morgan fingerprint density at radius 2 is 1.85 bits per heavy atom. The van der Waals surface area contributed by atoms with Gasteiger partial charge in [0.1, 0.15) is 0 Å². The molecule has 1 amide bonds. The van der Waals surface area contributed by atoms with Gasteiger partial charge in [-0.15, -0.1) is 0 Å². The van der Waals surface area contributed by atoms with Gasteiger partial charge in [0.15, 0.2) is 0 Å². The Morgan fingerprint density at radius 3 is 2.40 bits per heavy atom. The van der Waals surface area contributed by atoms with E-state index in [4.69, 9.17) is 5.11 Å². The number of aromatic carboxylic acids is 1. The summed E-state index contributed by atoms with van der Waals surface area (Å²) in [5.41, 5.74) is 1.16. The highest BCUT2D eigenvalue weighted by atomic mass is 16.4. The SMILES string of the molecule is CCN(CC)C(=O)CN(C)Cc1cccc(C(=O)O)c1. The van der Waals surface area contributed by atoms with E-state index in [0.717, 1.165) is 5.56 Å². The molecular weight excluding hydrogens is 256 g/mol. The van der Waals surface area contributed by atoms with Crippen LogP contribution in [-0.4, -0.2) is 53.5 Å². The average molecular weight is 278 g/mol. The van der Waals surface area contributed by atoms with Gasteiger partial charge in [0.2, 0.25) is 5.91 Å². The quantitative estimate of drug-likeness (QED) is 0.824. The first-order valence-corrected chi connectivity index (χ1v) is 6.76. The summed E-state index contributed by atoms with van der Waals surface area (Å²) in [7, 11) is 1.86. The van der Waals surface area contributed by atoms with Gasteiger partial charge in [-0.25, -0.2) is 4.79 Å². The molecule has 0 aliphatic heterocycles. The molecule has 0 saturated carbocycles. The monoisotopic (exact) mass is 278 g/mol. The molecule has 1 aromatic rings. The van der Waals surface area contributed by atoms with Gasteiger partial charge in [-0.1, -0.05) is 12.1 Å². The number of rotatable bonds is 7. The minimum Gasteiger partial charge on any atom is -0.478 e. The van der Waals surface area contributed by atoms with Crippen LogP contribution in [0.3, 0.4) is 0 Å². The highest BCUT2D eigenvalue weighted by molar-refractivity contribution is 5.87. The summed E-state index contributed by atoms with van der Waals surface area (Å²) < 4.78 is 0. The Balaban J connectivity index is 2.62. The smallest absolute Gasteiger partial charge is 0.335 e. The normalized spacial score (nSPS) is 10.6. The van der Waals surface area contributed by atoms with Crippen LogP contribution in [0.1, 0.15) is 29.8 Å². The molecule has 0 heterocycles. The second kappa shape index (κ2) is 7.65. The van der Waals surface area contributed by atoms with Crippen molar-refractivity contribution in [2.24, 2.45) is 0 Å². The van der Waals surface area contributed by atoms with Crippen molar-refractivity contribution in [2.45, 2.75) is 20.4 Å². The number of carboxylic acids is 1. The number of likely N-dealkylation sites (N-methyl/N-ethyl adjacent to an activating group) is 2. The number of benzene rings is 1. The van der Waals surface area contributed by atoms with Gasteiger partial charge in [0, 0.05) is 19.6 Å². The van der Waals surface area contributed by atoms with Crippen LogP contribution in [0.2, 0.25) is 0 Å². The fourth-order valence-electron chi connectivity index (χ4n) is 2.08. The molecule has 0 aromatic heterocycles. The van der Waals surface area contributed by atoms with Crippen molar-refractivity contribution in [3.63, 3.8) is 0 Å². The molecular formula is C15H22N2O3. The molecule has 0 radical (unpaired) electrons. The zero-order valence-corrected chi connectivity index (χ0v) is 12.3. The molecule has 20 heavy (non-hydrogen) atoms. The third-order valence-electron chi connectivity index (χ3n) is 3.15. The molecule has 0 spiro atoms. The van der Waals surface area contributed by atoms with Crippen molar-refractivity contribution >= 4 is 11.9 Å². The van der Waals surface area contributed by atoms with E-state index in [1.807, 2.05) is 31.9 Å². The molecule has 0 saturated heterocycles. The van der Waals surface area contributed by atoms with Gasteiger partial charge in [0.05, 0.1) is 12.1 Å². The van der Waals surface area contributed by atoms with Crippen molar-refractivity contribution in [1.82, 2.24) is 9.80 Å². The van der Waals surface area contributed by atoms with Crippen molar-refractivity contribution in [3.8, 4) is 0 Å². The van der Waals surface area contributed by atoms with Crippen LogP contribution in [0, 0.1) is 0 Å². The Morgan fingerprint density at radius 1 is 1.20 bits per heavy atom. The Labute approximate surface area is 119 Å². The lowest BCUT2D eigenvalue weighted by Gasteiger charge is -2.23.